The number of nitrogens with zero attached hydrogens (tertiary/aromatic N) is 1. The fourth-order valence-electron chi connectivity index (χ4n) is 3.62. The molecule has 0 aromatic heterocycles. The van der Waals surface area contributed by atoms with Crippen LogP contribution in [0.2, 0.25) is 0 Å². The summed E-state index contributed by atoms with van der Waals surface area (Å²) >= 11 is 0. The van der Waals surface area contributed by atoms with Crippen molar-refractivity contribution < 1.29 is 4.79 Å². The van der Waals surface area contributed by atoms with Gasteiger partial charge in [-0.15, -0.1) is 0 Å². The van der Waals surface area contributed by atoms with Crippen molar-refractivity contribution in [1.82, 2.24) is 10.2 Å². The lowest BCUT2D eigenvalue weighted by molar-refractivity contribution is -0.120. The molecule has 1 heterocycles. The van der Waals surface area contributed by atoms with E-state index in [1.807, 2.05) is 12.1 Å². The van der Waals surface area contributed by atoms with Crippen LogP contribution in [0.4, 0.5) is 0 Å². The number of hydrogen-bond acceptors (Lipinski definition) is 2. The molecule has 1 N–H and O–H groups in total. The molecule has 1 aliphatic heterocycles. The molecule has 0 radical (unpaired) electrons. The monoisotopic (exact) mass is 336 g/mol. The van der Waals surface area contributed by atoms with Crippen molar-refractivity contribution in [2.75, 3.05) is 19.6 Å². The van der Waals surface area contributed by atoms with E-state index in [1.54, 1.807) is 0 Å². The van der Waals surface area contributed by atoms with Crippen LogP contribution < -0.4 is 5.32 Å². The van der Waals surface area contributed by atoms with Crippen molar-refractivity contribution in [3.05, 3.63) is 71.3 Å². The maximum atomic E-state index is 12.1. The average molecular weight is 336 g/mol. The smallest absolute Gasteiger partial charge is 0.224 e. The number of likely N-dealkylation sites (tertiary alicyclic amines) is 1. The molecule has 25 heavy (non-hydrogen) atoms. The van der Waals surface area contributed by atoms with Gasteiger partial charge in [0.1, 0.15) is 0 Å². The minimum absolute atomic E-state index is 0.129. The van der Waals surface area contributed by atoms with Crippen molar-refractivity contribution in [3.8, 4) is 0 Å². The lowest BCUT2D eigenvalue weighted by atomic mass is 10.0. The summed E-state index contributed by atoms with van der Waals surface area (Å²) in [7, 11) is 0. The van der Waals surface area contributed by atoms with Crippen molar-refractivity contribution in [2.45, 2.75) is 32.7 Å². The zero-order valence-corrected chi connectivity index (χ0v) is 15.1. The lowest BCUT2D eigenvalue weighted by Crippen LogP contribution is -2.28. The van der Waals surface area contributed by atoms with E-state index in [1.165, 1.54) is 17.5 Å². The topological polar surface area (TPSA) is 32.3 Å². The van der Waals surface area contributed by atoms with Crippen LogP contribution in [0, 0.1) is 12.8 Å². The third-order valence-electron chi connectivity index (χ3n) is 4.94. The van der Waals surface area contributed by atoms with Crippen LogP contribution in [-0.2, 0) is 17.8 Å². The number of aryl methyl sites for hydroxylation is 1. The van der Waals surface area contributed by atoms with Gasteiger partial charge in [0.05, 0.1) is 6.42 Å². The summed E-state index contributed by atoms with van der Waals surface area (Å²) in [5, 5.41) is 3.08. The van der Waals surface area contributed by atoms with Crippen molar-refractivity contribution >= 4 is 5.91 Å². The molecule has 0 aliphatic carbocycles. The standard InChI is InChI=1S/C22H28N2O/c1-18-6-5-9-21(14-18)15-22(25)23-12-10-20-11-13-24(17-20)16-19-7-3-2-4-8-19/h2-9,14,20H,10-13,15-17H2,1H3,(H,23,25)/t20-/m1/s1. The highest BCUT2D eigenvalue weighted by Gasteiger charge is 2.22. The molecule has 2 aromatic rings. The van der Waals surface area contributed by atoms with Crippen LogP contribution in [0.25, 0.3) is 0 Å². The Hall–Kier alpha value is -2.13. The minimum Gasteiger partial charge on any atom is -0.356 e. The second kappa shape index (κ2) is 8.82. The van der Waals surface area contributed by atoms with Gasteiger partial charge < -0.3 is 5.32 Å². The van der Waals surface area contributed by atoms with E-state index in [0.29, 0.717) is 12.3 Å². The Bertz CT molecular complexity index is 683. The molecule has 1 amide bonds. The summed E-state index contributed by atoms with van der Waals surface area (Å²) in [6, 6.07) is 18.8. The number of rotatable bonds is 7. The Morgan fingerprint density at radius 3 is 2.72 bits per heavy atom. The molecule has 132 valence electrons. The number of hydrogen-bond donors (Lipinski definition) is 1. The summed E-state index contributed by atoms with van der Waals surface area (Å²) < 4.78 is 0. The highest BCUT2D eigenvalue weighted by molar-refractivity contribution is 5.78. The molecule has 0 saturated carbocycles. The van der Waals surface area contributed by atoms with Gasteiger partial charge >= 0.3 is 0 Å². The van der Waals surface area contributed by atoms with Crippen molar-refractivity contribution in [3.63, 3.8) is 0 Å². The van der Waals surface area contributed by atoms with E-state index < -0.39 is 0 Å². The predicted octanol–water partition coefficient (Wildman–Crippen LogP) is 3.57. The quantitative estimate of drug-likeness (QED) is 0.838. The van der Waals surface area contributed by atoms with Gasteiger partial charge in [0.15, 0.2) is 0 Å². The second-order valence-corrected chi connectivity index (χ2v) is 7.18. The molecule has 3 nitrogen and oxygen atoms in total. The van der Waals surface area contributed by atoms with Crippen molar-refractivity contribution in [2.24, 2.45) is 5.92 Å². The van der Waals surface area contributed by atoms with E-state index >= 15 is 0 Å². The van der Waals surface area contributed by atoms with Gasteiger partial charge in [-0.3, -0.25) is 9.69 Å². The molecule has 0 unspecified atom stereocenters. The fourth-order valence-corrected chi connectivity index (χ4v) is 3.62. The van der Waals surface area contributed by atoms with Crippen LogP contribution in [0.3, 0.4) is 0 Å². The molecule has 3 rings (SSSR count). The van der Waals surface area contributed by atoms with E-state index in [4.69, 9.17) is 0 Å². The number of benzene rings is 2. The van der Waals surface area contributed by atoms with Gasteiger partial charge in [-0.1, -0.05) is 60.2 Å². The molecule has 0 spiro atoms. The largest absolute Gasteiger partial charge is 0.356 e. The Morgan fingerprint density at radius 1 is 1.12 bits per heavy atom. The number of carbonyl (C=O) groups excluding carboxylic acids is 1. The van der Waals surface area contributed by atoms with Gasteiger partial charge in [-0.05, 0) is 43.4 Å². The first kappa shape index (κ1) is 17.7. The van der Waals surface area contributed by atoms with Crippen LogP contribution in [0.1, 0.15) is 29.5 Å². The Morgan fingerprint density at radius 2 is 1.92 bits per heavy atom. The van der Waals surface area contributed by atoms with Gasteiger partial charge in [0.25, 0.3) is 0 Å². The first-order chi connectivity index (χ1) is 12.2. The maximum Gasteiger partial charge on any atom is 0.224 e. The summed E-state index contributed by atoms with van der Waals surface area (Å²) in [4.78, 5) is 14.6. The average Bonchev–Trinajstić information content (AvgIpc) is 3.03. The molecule has 1 fully saturated rings. The molecular weight excluding hydrogens is 308 g/mol. The van der Waals surface area contributed by atoms with Gasteiger partial charge in [-0.25, -0.2) is 0 Å². The molecule has 1 aliphatic rings. The lowest BCUT2D eigenvalue weighted by Gasteiger charge is -2.16. The van der Waals surface area contributed by atoms with Crippen LogP contribution in [-0.4, -0.2) is 30.4 Å². The number of amides is 1. The first-order valence-electron chi connectivity index (χ1n) is 9.27. The third-order valence-corrected chi connectivity index (χ3v) is 4.94. The van der Waals surface area contributed by atoms with Crippen LogP contribution in [0.5, 0.6) is 0 Å². The maximum absolute atomic E-state index is 12.1. The zero-order valence-electron chi connectivity index (χ0n) is 15.1. The normalized spacial score (nSPS) is 17.6. The van der Waals surface area contributed by atoms with Crippen LogP contribution in [0.15, 0.2) is 54.6 Å². The van der Waals surface area contributed by atoms with Gasteiger partial charge in [0, 0.05) is 19.6 Å². The fraction of sp³-hybridized carbons (Fsp3) is 0.409. The highest BCUT2D eigenvalue weighted by atomic mass is 16.1. The summed E-state index contributed by atoms with van der Waals surface area (Å²) in [6.45, 7) is 6.19. The van der Waals surface area contributed by atoms with Gasteiger partial charge in [-0.2, -0.15) is 0 Å². The zero-order chi connectivity index (χ0) is 17.5. The third kappa shape index (κ3) is 5.71. The van der Waals surface area contributed by atoms with E-state index in [-0.39, 0.29) is 5.91 Å². The number of nitrogens with one attached hydrogen (secondary N) is 1. The first-order valence-corrected chi connectivity index (χ1v) is 9.27. The van der Waals surface area contributed by atoms with Crippen LogP contribution >= 0.6 is 0 Å². The van der Waals surface area contributed by atoms with Gasteiger partial charge in [0.2, 0.25) is 5.91 Å². The second-order valence-electron chi connectivity index (χ2n) is 7.18. The predicted molar refractivity (Wildman–Crippen MR) is 102 cm³/mol. The molecule has 1 atom stereocenters. The molecule has 3 heteroatoms. The molecule has 1 saturated heterocycles. The summed E-state index contributed by atoms with van der Waals surface area (Å²) in [6.07, 6.45) is 2.79. The molecule has 0 bridgehead atoms. The van der Waals surface area contributed by atoms with E-state index in [9.17, 15) is 4.79 Å². The molecular formula is C22H28N2O. The van der Waals surface area contributed by atoms with Crippen molar-refractivity contribution in [1.29, 1.82) is 0 Å². The Labute approximate surface area is 151 Å². The summed E-state index contributed by atoms with van der Waals surface area (Å²) in [5.74, 6) is 0.827. The molecule has 2 aromatic carbocycles. The number of carbonyl (C=O) groups is 1. The minimum atomic E-state index is 0.129. The van der Waals surface area contributed by atoms with E-state index in [2.05, 4.69) is 59.6 Å². The Kier molecular flexibility index (Phi) is 6.24. The summed E-state index contributed by atoms with van der Waals surface area (Å²) in [5.41, 5.74) is 3.68. The highest BCUT2D eigenvalue weighted by Crippen LogP contribution is 2.21. The van der Waals surface area contributed by atoms with E-state index in [0.717, 1.165) is 38.2 Å². The SMILES string of the molecule is Cc1cccc(CC(=O)NCC[C@@H]2CCN(Cc3ccccc3)C2)c1. The Balaban J connectivity index is 1.35.